The molecule has 1 amide bonds. The fraction of sp³-hybridized carbons (Fsp3) is 0.353. The molecule has 1 aromatic heterocycles. The SMILES string of the molecule is CC[C@H](NC(=O)Cc1cccs1)c1ccc(C)cc1C. The molecular weight excluding hydrogens is 266 g/mol. The van der Waals surface area contributed by atoms with E-state index < -0.39 is 0 Å². The van der Waals surface area contributed by atoms with Crippen LogP contribution >= 0.6 is 11.3 Å². The van der Waals surface area contributed by atoms with Crippen LogP contribution in [0.2, 0.25) is 0 Å². The molecule has 2 nitrogen and oxygen atoms in total. The largest absolute Gasteiger partial charge is 0.349 e. The van der Waals surface area contributed by atoms with Crippen LogP contribution in [-0.4, -0.2) is 5.91 Å². The van der Waals surface area contributed by atoms with Crippen molar-refractivity contribution in [3.63, 3.8) is 0 Å². The van der Waals surface area contributed by atoms with Gasteiger partial charge < -0.3 is 5.32 Å². The molecule has 1 N–H and O–H groups in total. The van der Waals surface area contributed by atoms with Crippen LogP contribution in [-0.2, 0) is 11.2 Å². The molecule has 0 aliphatic rings. The van der Waals surface area contributed by atoms with Crippen molar-refractivity contribution in [3.05, 3.63) is 57.3 Å². The summed E-state index contributed by atoms with van der Waals surface area (Å²) in [6.07, 6.45) is 1.37. The number of nitrogens with one attached hydrogen (secondary N) is 1. The lowest BCUT2D eigenvalue weighted by Crippen LogP contribution is -2.29. The molecular formula is C17H21NOS. The first-order valence-electron chi connectivity index (χ1n) is 6.99. The Labute approximate surface area is 124 Å². The zero-order chi connectivity index (χ0) is 14.5. The lowest BCUT2D eigenvalue weighted by Gasteiger charge is -2.20. The summed E-state index contributed by atoms with van der Waals surface area (Å²) in [4.78, 5) is 13.2. The number of hydrogen-bond acceptors (Lipinski definition) is 2. The third kappa shape index (κ3) is 3.70. The third-order valence-electron chi connectivity index (χ3n) is 3.46. The number of benzene rings is 1. The summed E-state index contributed by atoms with van der Waals surface area (Å²) in [5.41, 5.74) is 3.72. The number of aryl methyl sites for hydroxylation is 2. The van der Waals surface area contributed by atoms with Crippen molar-refractivity contribution in [1.29, 1.82) is 0 Å². The number of amides is 1. The number of rotatable bonds is 5. The number of hydrogen-bond donors (Lipinski definition) is 1. The number of carbonyl (C=O) groups excluding carboxylic acids is 1. The fourth-order valence-corrected chi connectivity index (χ4v) is 3.14. The van der Waals surface area contributed by atoms with Gasteiger partial charge in [-0.2, -0.15) is 0 Å². The molecule has 1 atom stereocenters. The van der Waals surface area contributed by atoms with Gasteiger partial charge in [0.05, 0.1) is 12.5 Å². The van der Waals surface area contributed by atoms with E-state index in [-0.39, 0.29) is 11.9 Å². The minimum Gasteiger partial charge on any atom is -0.349 e. The first-order chi connectivity index (χ1) is 9.60. The van der Waals surface area contributed by atoms with Gasteiger partial charge in [-0.3, -0.25) is 4.79 Å². The topological polar surface area (TPSA) is 29.1 Å². The zero-order valence-corrected chi connectivity index (χ0v) is 13.1. The van der Waals surface area contributed by atoms with Crippen molar-refractivity contribution in [3.8, 4) is 0 Å². The molecule has 1 aromatic carbocycles. The van der Waals surface area contributed by atoms with Gasteiger partial charge in [0.1, 0.15) is 0 Å². The highest BCUT2D eigenvalue weighted by atomic mass is 32.1. The molecule has 0 bridgehead atoms. The van der Waals surface area contributed by atoms with Crippen LogP contribution in [0.3, 0.4) is 0 Å². The van der Waals surface area contributed by atoms with Crippen molar-refractivity contribution in [1.82, 2.24) is 5.32 Å². The molecule has 0 aliphatic heterocycles. The molecule has 106 valence electrons. The van der Waals surface area contributed by atoms with Crippen molar-refractivity contribution in [2.75, 3.05) is 0 Å². The summed E-state index contributed by atoms with van der Waals surface area (Å²) in [5, 5.41) is 5.15. The van der Waals surface area contributed by atoms with E-state index in [4.69, 9.17) is 0 Å². The summed E-state index contributed by atoms with van der Waals surface area (Å²) in [6, 6.07) is 10.5. The standard InChI is InChI=1S/C17H21NOS/c1-4-16(15-8-7-12(2)10-13(15)3)18-17(19)11-14-6-5-9-20-14/h5-10,16H,4,11H2,1-3H3,(H,18,19)/t16-/m0/s1. The van der Waals surface area contributed by atoms with Crippen molar-refractivity contribution >= 4 is 17.2 Å². The van der Waals surface area contributed by atoms with E-state index in [2.05, 4.69) is 44.3 Å². The molecule has 2 rings (SSSR count). The van der Waals surface area contributed by atoms with E-state index in [1.807, 2.05) is 17.5 Å². The molecule has 1 heterocycles. The summed E-state index contributed by atoms with van der Waals surface area (Å²) in [5.74, 6) is 0.0966. The van der Waals surface area contributed by atoms with Crippen molar-refractivity contribution in [2.24, 2.45) is 0 Å². The second kappa shape index (κ2) is 6.71. The quantitative estimate of drug-likeness (QED) is 0.878. The van der Waals surface area contributed by atoms with E-state index in [9.17, 15) is 4.79 Å². The summed E-state index contributed by atoms with van der Waals surface area (Å²) in [6.45, 7) is 6.30. The molecule has 0 saturated carbocycles. The molecule has 20 heavy (non-hydrogen) atoms. The highest BCUT2D eigenvalue weighted by Crippen LogP contribution is 2.22. The summed E-state index contributed by atoms with van der Waals surface area (Å²) in [7, 11) is 0. The minimum atomic E-state index is 0.0966. The molecule has 0 fully saturated rings. The zero-order valence-electron chi connectivity index (χ0n) is 12.3. The molecule has 2 aromatic rings. The van der Waals surface area contributed by atoms with Gasteiger partial charge in [-0.05, 0) is 42.8 Å². The summed E-state index contributed by atoms with van der Waals surface area (Å²) >= 11 is 1.63. The van der Waals surface area contributed by atoms with E-state index >= 15 is 0 Å². The van der Waals surface area contributed by atoms with Crippen molar-refractivity contribution < 1.29 is 4.79 Å². The van der Waals surface area contributed by atoms with Crippen LogP contribution in [0.1, 0.15) is 41.0 Å². The van der Waals surface area contributed by atoms with Crippen LogP contribution in [0.4, 0.5) is 0 Å². The number of carbonyl (C=O) groups is 1. The van der Waals surface area contributed by atoms with Crippen LogP contribution in [0, 0.1) is 13.8 Å². The van der Waals surface area contributed by atoms with Crippen LogP contribution < -0.4 is 5.32 Å². The Bertz CT molecular complexity index is 575. The maximum Gasteiger partial charge on any atom is 0.225 e. The van der Waals surface area contributed by atoms with Gasteiger partial charge in [-0.1, -0.05) is 36.8 Å². The van der Waals surface area contributed by atoms with Crippen molar-refractivity contribution in [2.45, 2.75) is 39.7 Å². The average molecular weight is 287 g/mol. The van der Waals surface area contributed by atoms with Crippen LogP contribution in [0.5, 0.6) is 0 Å². The Kier molecular flexibility index (Phi) is 4.96. The highest BCUT2D eigenvalue weighted by Gasteiger charge is 2.15. The molecule has 0 aliphatic carbocycles. The maximum absolute atomic E-state index is 12.1. The Hall–Kier alpha value is -1.61. The van der Waals surface area contributed by atoms with Gasteiger partial charge >= 0.3 is 0 Å². The Morgan fingerprint density at radius 3 is 2.70 bits per heavy atom. The normalized spacial score (nSPS) is 12.2. The predicted molar refractivity (Wildman–Crippen MR) is 85.1 cm³/mol. The molecule has 0 spiro atoms. The van der Waals surface area contributed by atoms with E-state index in [1.165, 1.54) is 16.7 Å². The van der Waals surface area contributed by atoms with Crippen LogP contribution in [0.15, 0.2) is 35.7 Å². The third-order valence-corrected chi connectivity index (χ3v) is 4.34. The Morgan fingerprint density at radius 2 is 2.10 bits per heavy atom. The van der Waals surface area contributed by atoms with Crippen LogP contribution in [0.25, 0.3) is 0 Å². The van der Waals surface area contributed by atoms with E-state index in [0.29, 0.717) is 6.42 Å². The Morgan fingerprint density at radius 1 is 1.30 bits per heavy atom. The lowest BCUT2D eigenvalue weighted by molar-refractivity contribution is -0.121. The smallest absolute Gasteiger partial charge is 0.225 e. The van der Waals surface area contributed by atoms with Gasteiger partial charge in [0.2, 0.25) is 5.91 Å². The second-order valence-electron chi connectivity index (χ2n) is 5.14. The first-order valence-corrected chi connectivity index (χ1v) is 7.87. The monoisotopic (exact) mass is 287 g/mol. The van der Waals surface area contributed by atoms with Gasteiger partial charge in [0, 0.05) is 4.88 Å². The van der Waals surface area contributed by atoms with E-state index in [0.717, 1.165) is 11.3 Å². The Balaban J connectivity index is 2.06. The first kappa shape index (κ1) is 14.8. The minimum absolute atomic E-state index is 0.0966. The highest BCUT2D eigenvalue weighted by molar-refractivity contribution is 7.10. The van der Waals surface area contributed by atoms with E-state index in [1.54, 1.807) is 11.3 Å². The van der Waals surface area contributed by atoms with Gasteiger partial charge in [0.25, 0.3) is 0 Å². The van der Waals surface area contributed by atoms with Gasteiger partial charge in [-0.25, -0.2) is 0 Å². The molecule has 3 heteroatoms. The second-order valence-corrected chi connectivity index (χ2v) is 6.18. The summed E-state index contributed by atoms with van der Waals surface area (Å²) < 4.78 is 0. The molecule has 0 unspecified atom stereocenters. The average Bonchev–Trinajstić information content (AvgIpc) is 2.89. The molecule has 0 saturated heterocycles. The predicted octanol–water partition coefficient (Wildman–Crippen LogP) is 4.17. The fourth-order valence-electron chi connectivity index (χ4n) is 2.43. The lowest BCUT2D eigenvalue weighted by atomic mass is 9.97. The molecule has 0 radical (unpaired) electrons. The van der Waals surface area contributed by atoms with Gasteiger partial charge in [0.15, 0.2) is 0 Å². The van der Waals surface area contributed by atoms with Gasteiger partial charge in [-0.15, -0.1) is 11.3 Å². The number of thiophene rings is 1. The maximum atomic E-state index is 12.1.